The number of carbonyl (C=O) groups excluding carboxylic acids is 1. The summed E-state index contributed by atoms with van der Waals surface area (Å²) in [6, 6.07) is 17.8. The second-order valence-electron chi connectivity index (χ2n) is 6.76. The molecule has 4 rings (SSSR count). The minimum absolute atomic E-state index is 0.0257. The molecule has 3 aromatic rings. The topological polar surface area (TPSA) is 45.7 Å². The molecule has 1 saturated heterocycles. The Labute approximate surface area is 169 Å². The van der Waals surface area contributed by atoms with Crippen molar-refractivity contribution in [2.24, 2.45) is 0 Å². The fourth-order valence-corrected chi connectivity index (χ4v) is 3.97. The molecule has 6 heteroatoms. The van der Waals surface area contributed by atoms with Crippen LogP contribution in [0.25, 0.3) is 0 Å². The fourth-order valence-electron chi connectivity index (χ4n) is 3.37. The van der Waals surface area contributed by atoms with Crippen molar-refractivity contribution in [3.63, 3.8) is 0 Å². The van der Waals surface area contributed by atoms with Gasteiger partial charge in [-0.25, -0.2) is 4.98 Å². The maximum absolute atomic E-state index is 13.1. The number of carbonyl (C=O) groups is 1. The van der Waals surface area contributed by atoms with Gasteiger partial charge in [0.05, 0.1) is 16.3 Å². The number of aromatic nitrogens is 1. The molecule has 1 aliphatic heterocycles. The lowest BCUT2D eigenvalue weighted by Gasteiger charge is -2.36. The van der Waals surface area contributed by atoms with E-state index >= 15 is 0 Å². The Morgan fingerprint density at radius 3 is 2.46 bits per heavy atom. The molecule has 0 radical (unpaired) electrons. The van der Waals surface area contributed by atoms with Gasteiger partial charge in [0.1, 0.15) is 12.4 Å². The predicted octanol–water partition coefficient (Wildman–Crippen LogP) is 3.99. The third-order valence-corrected chi connectivity index (χ3v) is 5.67. The van der Waals surface area contributed by atoms with Crippen LogP contribution in [-0.4, -0.2) is 42.0 Å². The molecule has 0 unspecified atom stereocenters. The first-order valence-corrected chi connectivity index (χ1v) is 10.3. The third-order valence-electron chi connectivity index (χ3n) is 4.85. The summed E-state index contributed by atoms with van der Waals surface area (Å²) in [7, 11) is 0. The van der Waals surface area contributed by atoms with E-state index in [9.17, 15) is 4.79 Å². The number of para-hydroxylation sites is 2. The Hall–Kier alpha value is -2.86. The van der Waals surface area contributed by atoms with Crippen molar-refractivity contribution in [1.29, 1.82) is 0 Å². The fraction of sp³-hybridized carbons (Fsp3) is 0.273. The van der Waals surface area contributed by atoms with Crippen LogP contribution in [0.2, 0.25) is 0 Å². The van der Waals surface area contributed by atoms with Gasteiger partial charge in [-0.05, 0) is 31.2 Å². The number of ether oxygens (including phenoxy) is 1. The molecular formula is C22H23N3O2S. The van der Waals surface area contributed by atoms with Crippen LogP contribution in [0.1, 0.15) is 21.1 Å². The number of aryl methyl sites for hydroxylation is 1. The Kier molecular flexibility index (Phi) is 5.58. The average Bonchev–Trinajstić information content (AvgIpc) is 3.18. The minimum Gasteiger partial charge on any atom is -0.486 e. The highest BCUT2D eigenvalue weighted by Gasteiger charge is 2.24. The van der Waals surface area contributed by atoms with Crippen molar-refractivity contribution < 1.29 is 9.53 Å². The Bertz CT molecular complexity index is 934. The second kappa shape index (κ2) is 8.44. The van der Waals surface area contributed by atoms with Crippen molar-refractivity contribution in [3.8, 4) is 5.75 Å². The molecule has 2 aromatic carbocycles. The summed E-state index contributed by atoms with van der Waals surface area (Å²) in [6.07, 6.45) is 0. The van der Waals surface area contributed by atoms with E-state index in [1.807, 2.05) is 59.7 Å². The van der Waals surface area contributed by atoms with Gasteiger partial charge in [-0.2, -0.15) is 0 Å². The van der Waals surface area contributed by atoms with E-state index in [0.29, 0.717) is 31.0 Å². The van der Waals surface area contributed by atoms with Crippen LogP contribution in [0, 0.1) is 6.92 Å². The Morgan fingerprint density at radius 1 is 1.04 bits per heavy atom. The SMILES string of the molecule is Cc1nc(COc2ccccc2C(=O)N2CCN(c3ccccc3)CC2)cs1. The highest BCUT2D eigenvalue weighted by Crippen LogP contribution is 2.23. The zero-order valence-corrected chi connectivity index (χ0v) is 16.7. The summed E-state index contributed by atoms with van der Waals surface area (Å²) in [5.74, 6) is 0.640. The quantitative estimate of drug-likeness (QED) is 0.657. The van der Waals surface area contributed by atoms with Gasteiger partial charge in [0, 0.05) is 37.2 Å². The average molecular weight is 394 g/mol. The van der Waals surface area contributed by atoms with Crippen molar-refractivity contribution >= 4 is 22.9 Å². The van der Waals surface area contributed by atoms with Crippen LogP contribution in [0.4, 0.5) is 5.69 Å². The smallest absolute Gasteiger partial charge is 0.257 e. The summed E-state index contributed by atoms with van der Waals surface area (Å²) in [5, 5.41) is 3.00. The minimum atomic E-state index is 0.0257. The maximum atomic E-state index is 13.1. The van der Waals surface area contributed by atoms with E-state index in [2.05, 4.69) is 22.0 Å². The number of nitrogens with zero attached hydrogens (tertiary/aromatic N) is 3. The largest absolute Gasteiger partial charge is 0.486 e. The van der Waals surface area contributed by atoms with E-state index in [1.165, 1.54) is 5.69 Å². The van der Waals surface area contributed by atoms with Gasteiger partial charge in [-0.15, -0.1) is 11.3 Å². The molecule has 5 nitrogen and oxygen atoms in total. The van der Waals surface area contributed by atoms with E-state index in [4.69, 9.17) is 4.74 Å². The number of hydrogen-bond acceptors (Lipinski definition) is 5. The molecule has 2 heterocycles. The lowest BCUT2D eigenvalue weighted by molar-refractivity contribution is 0.0742. The molecule has 0 aliphatic carbocycles. The van der Waals surface area contributed by atoms with E-state index < -0.39 is 0 Å². The number of thiazole rings is 1. The maximum Gasteiger partial charge on any atom is 0.257 e. The molecule has 0 atom stereocenters. The zero-order valence-electron chi connectivity index (χ0n) is 15.9. The zero-order chi connectivity index (χ0) is 19.3. The lowest BCUT2D eigenvalue weighted by Crippen LogP contribution is -2.48. The molecule has 0 bridgehead atoms. The molecule has 0 N–H and O–H groups in total. The van der Waals surface area contributed by atoms with E-state index in [1.54, 1.807) is 11.3 Å². The Balaban J connectivity index is 1.41. The van der Waals surface area contributed by atoms with Gasteiger partial charge in [0.25, 0.3) is 5.91 Å². The van der Waals surface area contributed by atoms with Crippen LogP contribution < -0.4 is 9.64 Å². The van der Waals surface area contributed by atoms with E-state index in [0.717, 1.165) is 23.8 Å². The van der Waals surface area contributed by atoms with Crippen molar-refractivity contribution in [2.45, 2.75) is 13.5 Å². The molecule has 1 fully saturated rings. The first-order chi connectivity index (χ1) is 13.7. The normalized spacial score (nSPS) is 14.2. The number of anilines is 1. The highest BCUT2D eigenvalue weighted by atomic mass is 32.1. The highest BCUT2D eigenvalue weighted by molar-refractivity contribution is 7.09. The van der Waals surface area contributed by atoms with Crippen LogP contribution in [0.5, 0.6) is 5.75 Å². The van der Waals surface area contributed by atoms with Crippen molar-refractivity contribution in [2.75, 3.05) is 31.1 Å². The van der Waals surface area contributed by atoms with Gasteiger partial charge < -0.3 is 14.5 Å². The monoisotopic (exact) mass is 393 g/mol. The van der Waals surface area contributed by atoms with E-state index in [-0.39, 0.29) is 5.91 Å². The number of amides is 1. The van der Waals surface area contributed by atoms with Crippen LogP contribution >= 0.6 is 11.3 Å². The second-order valence-corrected chi connectivity index (χ2v) is 7.82. The molecule has 1 aromatic heterocycles. The van der Waals surface area contributed by atoms with Gasteiger partial charge in [-0.1, -0.05) is 30.3 Å². The Morgan fingerprint density at radius 2 is 1.75 bits per heavy atom. The van der Waals surface area contributed by atoms with Crippen LogP contribution in [0.15, 0.2) is 60.0 Å². The molecular weight excluding hydrogens is 370 g/mol. The standard InChI is InChI=1S/C22H23N3O2S/c1-17-23-18(16-28-17)15-27-21-10-6-5-9-20(21)22(26)25-13-11-24(12-14-25)19-7-3-2-4-8-19/h2-10,16H,11-15H2,1H3. The molecule has 0 spiro atoms. The molecule has 28 heavy (non-hydrogen) atoms. The van der Waals surface area contributed by atoms with Gasteiger partial charge in [-0.3, -0.25) is 4.79 Å². The number of rotatable bonds is 5. The summed E-state index contributed by atoms with van der Waals surface area (Å²) >= 11 is 1.60. The lowest BCUT2D eigenvalue weighted by atomic mass is 10.1. The van der Waals surface area contributed by atoms with Gasteiger partial charge >= 0.3 is 0 Å². The summed E-state index contributed by atoms with van der Waals surface area (Å²) < 4.78 is 5.93. The number of hydrogen-bond donors (Lipinski definition) is 0. The first kappa shape index (κ1) is 18.5. The third kappa shape index (κ3) is 4.17. The molecule has 1 amide bonds. The molecule has 0 saturated carbocycles. The van der Waals surface area contributed by atoms with Gasteiger partial charge in [0.2, 0.25) is 0 Å². The summed E-state index contributed by atoms with van der Waals surface area (Å²) in [5.41, 5.74) is 2.71. The number of piperazine rings is 1. The molecule has 144 valence electrons. The number of benzene rings is 2. The van der Waals surface area contributed by atoms with Crippen LogP contribution in [0.3, 0.4) is 0 Å². The summed E-state index contributed by atoms with van der Waals surface area (Å²) in [6.45, 7) is 5.41. The van der Waals surface area contributed by atoms with Crippen molar-refractivity contribution in [1.82, 2.24) is 9.88 Å². The summed E-state index contributed by atoms with van der Waals surface area (Å²) in [4.78, 5) is 21.7. The van der Waals surface area contributed by atoms with Crippen molar-refractivity contribution in [3.05, 3.63) is 76.2 Å². The van der Waals surface area contributed by atoms with Crippen LogP contribution in [-0.2, 0) is 6.61 Å². The van der Waals surface area contributed by atoms with Gasteiger partial charge in [0.15, 0.2) is 0 Å². The predicted molar refractivity (Wildman–Crippen MR) is 112 cm³/mol. The first-order valence-electron chi connectivity index (χ1n) is 9.43. The molecule has 1 aliphatic rings.